The lowest BCUT2D eigenvalue weighted by Gasteiger charge is -2.09. The zero-order valence-corrected chi connectivity index (χ0v) is 13.2. The molecule has 0 aliphatic heterocycles. The summed E-state index contributed by atoms with van der Waals surface area (Å²) in [7, 11) is -3.16. The van der Waals surface area contributed by atoms with Crippen LogP contribution in [0.25, 0.3) is 0 Å². The highest BCUT2D eigenvalue weighted by atomic mass is 32.2. The second-order valence-electron chi connectivity index (χ2n) is 4.65. The Kier molecular flexibility index (Phi) is 5.05. The number of nitrogens with zero attached hydrogens (tertiary/aromatic N) is 1. The average Bonchev–Trinajstić information content (AvgIpc) is 2.48. The molecule has 0 saturated carbocycles. The molecule has 5 heteroatoms. The van der Waals surface area contributed by atoms with Gasteiger partial charge in [-0.1, -0.05) is 30.3 Å². The molecule has 2 aromatic rings. The van der Waals surface area contributed by atoms with E-state index in [9.17, 15) is 13.7 Å². The minimum absolute atomic E-state index is 0.175. The van der Waals surface area contributed by atoms with Crippen molar-refractivity contribution in [1.29, 1.82) is 5.26 Å². The van der Waals surface area contributed by atoms with Gasteiger partial charge in [0.25, 0.3) is 0 Å². The van der Waals surface area contributed by atoms with E-state index in [1.165, 1.54) is 6.26 Å². The standard InChI is InChI=1S/C16H15NO2S2/c1-21(18,19)16-9-7-15(8-10-16)20-12-14(11-17)13-5-3-2-4-6-13/h2-10,14H,12H2,1H3. The van der Waals surface area contributed by atoms with E-state index in [-0.39, 0.29) is 5.92 Å². The summed E-state index contributed by atoms with van der Waals surface area (Å²) < 4.78 is 22.8. The molecule has 1 unspecified atom stereocenters. The summed E-state index contributed by atoms with van der Waals surface area (Å²) in [5, 5.41) is 9.27. The third kappa shape index (κ3) is 4.35. The maximum absolute atomic E-state index is 11.4. The van der Waals surface area contributed by atoms with Gasteiger partial charge >= 0.3 is 0 Å². The van der Waals surface area contributed by atoms with Crippen LogP contribution < -0.4 is 0 Å². The first-order valence-electron chi connectivity index (χ1n) is 6.38. The smallest absolute Gasteiger partial charge is 0.175 e. The van der Waals surface area contributed by atoms with Gasteiger partial charge in [-0.05, 0) is 29.8 Å². The van der Waals surface area contributed by atoms with Gasteiger partial charge in [0.1, 0.15) is 0 Å². The van der Waals surface area contributed by atoms with E-state index in [2.05, 4.69) is 6.07 Å². The van der Waals surface area contributed by atoms with E-state index in [0.29, 0.717) is 10.6 Å². The minimum atomic E-state index is -3.16. The fraction of sp³-hybridized carbons (Fsp3) is 0.188. The van der Waals surface area contributed by atoms with Crippen molar-refractivity contribution in [1.82, 2.24) is 0 Å². The molecule has 0 N–H and O–H groups in total. The van der Waals surface area contributed by atoms with Gasteiger partial charge in [0.15, 0.2) is 9.84 Å². The first kappa shape index (κ1) is 15.6. The Labute approximate surface area is 129 Å². The Morgan fingerprint density at radius 3 is 2.24 bits per heavy atom. The molecule has 21 heavy (non-hydrogen) atoms. The van der Waals surface area contributed by atoms with Crippen LogP contribution in [0.1, 0.15) is 11.5 Å². The summed E-state index contributed by atoms with van der Waals surface area (Å²) in [6.07, 6.45) is 1.19. The number of hydrogen-bond acceptors (Lipinski definition) is 4. The Morgan fingerprint density at radius 2 is 1.71 bits per heavy atom. The average molecular weight is 317 g/mol. The summed E-state index contributed by atoms with van der Waals surface area (Å²) in [5.74, 6) is 0.462. The monoisotopic (exact) mass is 317 g/mol. The molecule has 2 rings (SSSR count). The van der Waals surface area contributed by atoms with Gasteiger partial charge in [-0.25, -0.2) is 8.42 Å². The number of hydrogen-bond donors (Lipinski definition) is 0. The van der Waals surface area contributed by atoms with E-state index < -0.39 is 9.84 Å². The van der Waals surface area contributed by atoms with E-state index in [0.717, 1.165) is 10.5 Å². The molecule has 1 atom stereocenters. The van der Waals surface area contributed by atoms with Crippen LogP contribution in [0.5, 0.6) is 0 Å². The number of thioether (sulfide) groups is 1. The van der Waals surface area contributed by atoms with Gasteiger partial charge in [0.05, 0.1) is 16.9 Å². The molecule has 108 valence electrons. The van der Waals surface area contributed by atoms with Gasteiger partial charge < -0.3 is 0 Å². The maximum atomic E-state index is 11.4. The van der Waals surface area contributed by atoms with Crippen LogP contribution in [-0.2, 0) is 9.84 Å². The van der Waals surface area contributed by atoms with E-state index in [4.69, 9.17) is 0 Å². The molecule has 0 aromatic heterocycles. The molecule has 0 fully saturated rings. The lowest BCUT2D eigenvalue weighted by molar-refractivity contribution is 0.602. The lowest BCUT2D eigenvalue weighted by atomic mass is 10.0. The van der Waals surface area contributed by atoms with Crippen molar-refractivity contribution in [2.24, 2.45) is 0 Å². The zero-order chi connectivity index (χ0) is 15.3. The van der Waals surface area contributed by atoms with Crippen molar-refractivity contribution >= 4 is 21.6 Å². The fourth-order valence-electron chi connectivity index (χ4n) is 1.86. The second kappa shape index (κ2) is 6.79. The number of sulfone groups is 1. The van der Waals surface area contributed by atoms with Crippen LogP contribution in [0.4, 0.5) is 0 Å². The van der Waals surface area contributed by atoms with Crippen molar-refractivity contribution in [3.8, 4) is 6.07 Å². The Bertz CT molecular complexity index is 732. The fourth-order valence-corrected chi connectivity index (χ4v) is 3.44. The Morgan fingerprint density at radius 1 is 1.10 bits per heavy atom. The molecular formula is C16H15NO2S2. The molecule has 0 heterocycles. The van der Waals surface area contributed by atoms with Gasteiger partial charge in [-0.15, -0.1) is 11.8 Å². The largest absolute Gasteiger partial charge is 0.224 e. The van der Waals surface area contributed by atoms with Crippen molar-refractivity contribution < 1.29 is 8.42 Å². The van der Waals surface area contributed by atoms with Crippen molar-refractivity contribution in [2.45, 2.75) is 15.7 Å². The third-order valence-electron chi connectivity index (χ3n) is 3.03. The first-order chi connectivity index (χ1) is 10.0. The first-order valence-corrected chi connectivity index (χ1v) is 9.26. The van der Waals surface area contributed by atoms with E-state index in [1.807, 2.05) is 30.3 Å². The number of rotatable bonds is 5. The normalized spacial score (nSPS) is 12.6. The van der Waals surface area contributed by atoms with Gasteiger partial charge in [-0.3, -0.25) is 0 Å². The Balaban J connectivity index is 2.04. The minimum Gasteiger partial charge on any atom is -0.224 e. The molecule has 0 aliphatic rings. The van der Waals surface area contributed by atoms with Crippen LogP contribution in [0, 0.1) is 11.3 Å². The molecule has 0 spiro atoms. The number of nitriles is 1. The summed E-state index contributed by atoms with van der Waals surface area (Å²) in [6, 6.07) is 18.7. The highest BCUT2D eigenvalue weighted by Crippen LogP contribution is 2.26. The van der Waals surface area contributed by atoms with Gasteiger partial charge in [0, 0.05) is 16.9 Å². The predicted octanol–water partition coefficient (Wildman–Crippen LogP) is 3.49. The summed E-state index contributed by atoms with van der Waals surface area (Å²) in [6.45, 7) is 0. The lowest BCUT2D eigenvalue weighted by Crippen LogP contribution is -1.99. The van der Waals surface area contributed by atoms with Crippen molar-refractivity contribution in [3.05, 3.63) is 60.2 Å². The van der Waals surface area contributed by atoms with Gasteiger partial charge in [0.2, 0.25) is 0 Å². The molecule has 0 bridgehead atoms. The maximum Gasteiger partial charge on any atom is 0.175 e. The van der Waals surface area contributed by atoms with Crippen LogP contribution in [-0.4, -0.2) is 20.4 Å². The van der Waals surface area contributed by atoms with Crippen molar-refractivity contribution in [2.75, 3.05) is 12.0 Å². The van der Waals surface area contributed by atoms with Crippen LogP contribution in [0.3, 0.4) is 0 Å². The van der Waals surface area contributed by atoms with Crippen LogP contribution >= 0.6 is 11.8 Å². The van der Waals surface area contributed by atoms with E-state index in [1.54, 1.807) is 36.0 Å². The Hall–Kier alpha value is -1.77. The summed E-state index contributed by atoms with van der Waals surface area (Å²) in [4.78, 5) is 1.27. The van der Waals surface area contributed by atoms with Gasteiger partial charge in [-0.2, -0.15) is 5.26 Å². The van der Waals surface area contributed by atoms with Crippen LogP contribution in [0.2, 0.25) is 0 Å². The van der Waals surface area contributed by atoms with E-state index >= 15 is 0 Å². The molecule has 0 radical (unpaired) electrons. The molecular weight excluding hydrogens is 302 g/mol. The molecule has 0 amide bonds. The topological polar surface area (TPSA) is 57.9 Å². The predicted molar refractivity (Wildman–Crippen MR) is 85.1 cm³/mol. The molecule has 2 aromatic carbocycles. The zero-order valence-electron chi connectivity index (χ0n) is 11.6. The molecule has 3 nitrogen and oxygen atoms in total. The molecule has 0 aliphatic carbocycles. The summed E-state index contributed by atoms with van der Waals surface area (Å²) >= 11 is 1.55. The SMILES string of the molecule is CS(=O)(=O)c1ccc(SCC(C#N)c2ccccc2)cc1. The highest BCUT2D eigenvalue weighted by molar-refractivity contribution is 7.99. The van der Waals surface area contributed by atoms with Crippen molar-refractivity contribution in [3.63, 3.8) is 0 Å². The third-order valence-corrected chi connectivity index (χ3v) is 5.26. The quantitative estimate of drug-likeness (QED) is 0.792. The number of benzene rings is 2. The molecule has 0 saturated heterocycles. The van der Waals surface area contributed by atoms with Crippen LogP contribution in [0.15, 0.2) is 64.4 Å². The second-order valence-corrected chi connectivity index (χ2v) is 7.76. The highest BCUT2D eigenvalue weighted by Gasteiger charge is 2.11. The summed E-state index contributed by atoms with van der Waals surface area (Å²) in [5.41, 5.74) is 1.00.